The molecule has 1 heterocycles. The van der Waals surface area contributed by atoms with Crippen molar-refractivity contribution in [3.63, 3.8) is 0 Å². The first kappa shape index (κ1) is 10.3. The zero-order valence-electron chi connectivity index (χ0n) is 8.38. The van der Waals surface area contributed by atoms with Gasteiger partial charge in [0.1, 0.15) is 0 Å². The molecule has 1 unspecified atom stereocenters. The van der Waals surface area contributed by atoms with Crippen molar-refractivity contribution < 1.29 is 9.53 Å². The van der Waals surface area contributed by atoms with Crippen LogP contribution in [0.15, 0.2) is 0 Å². The maximum atomic E-state index is 11.1. The van der Waals surface area contributed by atoms with Crippen LogP contribution >= 0.6 is 0 Å². The van der Waals surface area contributed by atoms with Gasteiger partial charge in [-0.2, -0.15) is 0 Å². The van der Waals surface area contributed by atoms with Gasteiger partial charge >= 0.3 is 6.03 Å². The highest BCUT2D eigenvalue weighted by molar-refractivity contribution is 5.73. The number of nitrogens with one attached hydrogen (secondary N) is 1. The number of carbonyl (C=O) groups excluding carboxylic acids is 1. The molecule has 1 aliphatic rings. The van der Waals surface area contributed by atoms with Crippen LogP contribution in [-0.4, -0.2) is 44.3 Å². The molecule has 1 aliphatic heterocycles. The first-order chi connectivity index (χ1) is 6.20. The topological polar surface area (TPSA) is 41.6 Å². The summed E-state index contributed by atoms with van der Waals surface area (Å²) in [5.74, 6) is 0. The van der Waals surface area contributed by atoms with Crippen LogP contribution in [0.4, 0.5) is 4.79 Å². The van der Waals surface area contributed by atoms with Crippen LogP contribution in [0.2, 0.25) is 0 Å². The monoisotopic (exact) mass is 186 g/mol. The van der Waals surface area contributed by atoms with Crippen molar-refractivity contribution in [2.45, 2.75) is 25.4 Å². The predicted molar refractivity (Wildman–Crippen MR) is 50.7 cm³/mol. The SMILES string of the molecule is CN(C)C(=O)NCC1CCCCO1. The minimum absolute atomic E-state index is 0.0471. The lowest BCUT2D eigenvalue weighted by atomic mass is 10.1. The molecule has 1 atom stereocenters. The molecule has 0 radical (unpaired) electrons. The Morgan fingerprint density at radius 1 is 1.54 bits per heavy atom. The number of carbonyl (C=O) groups is 1. The second kappa shape index (κ2) is 5.07. The molecule has 0 saturated carbocycles. The Bertz CT molecular complexity index is 165. The van der Waals surface area contributed by atoms with E-state index in [0.717, 1.165) is 19.4 Å². The summed E-state index contributed by atoms with van der Waals surface area (Å²) in [6, 6.07) is -0.0471. The minimum Gasteiger partial charge on any atom is -0.376 e. The summed E-state index contributed by atoms with van der Waals surface area (Å²) in [5, 5.41) is 2.81. The minimum atomic E-state index is -0.0471. The highest BCUT2D eigenvalue weighted by Crippen LogP contribution is 2.11. The van der Waals surface area contributed by atoms with Gasteiger partial charge in [0, 0.05) is 27.2 Å². The predicted octanol–water partition coefficient (Wildman–Crippen LogP) is 0.827. The lowest BCUT2D eigenvalue weighted by Gasteiger charge is -2.23. The Balaban J connectivity index is 2.13. The molecule has 0 aromatic heterocycles. The summed E-state index contributed by atoms with van der Waals surface area (Å²) in [7, 11) is 3.47. The number of urea groups is 1. The highest BCUT2D eigenvalue weighted by atomic mass is 16.5. The molecule has 4 nitrogen and oxygen atoms in total. The van der Waals surface area contributed by atoms with E-state index in [1.807, 2.05) is 0 Å². The molecule has 1 N–H and O–H groups in total. The number of hydrogen-bond donors (Lipinski definition) is 1. The Morgan fingerprint density at radius 3 is 2.85 bits per heavy atom. The van der Waals surface area contributed by atoms with Crippen LogP contribution in [-0.2, 0) is 4.74 Å². The van der Waals surface area contributed by atoms with E-state index in [-0.39, 0.29) is 12.1 Å². The number of hydrogen-bond acceptors (Lipinski definition) is 2. The molecular weight excluding hydrogens is 168 g/mol. The zero-order valence-corrected chi connectivity index (χ0v) is 8.38. The van der Waals surface area contributed by atoms with Crippen molar-refractivity contribution in [2.75, 3.05) is 27.2 Å². The third-order valence-corrected chi connectivity index (χ3v) is 2.16. The Labute approximate surface area is 79.2 Å². The Kier molecular flexibility index (Phi) is 4.02. The summed E-state index contributed by atoms with van der Waals surface area (Å²) in [6.07, 6.45) is 3.64. The van der Waals surface area contributed by atoms with Gasteiger partial charge < -0.3 is 15.0 Å². The summed E-state index contributed by atoms with van der Waals surface area (Å²) >= 11 is 0. The van der Waals surface area contributed by atoms with Gasteiger partial charge in [-0.05, 0) is 19.3 Å². The number of rotatable bonds is 2. The molecule has 1 saturated heterocycles. The second-order valence-electron chi connectivity index (χ2n) is 3.57. The first-order valence-corrected chi connectivity index (χ1v) is 4.77. The van der Waals surface area contributed by atoms with E-state index in [9.17, 15) is 4.79 Å². The van der Waals surface area contributed by atoms with Crippen LogP contribution in [0.25, 0.3) is 0 Å². The van der Waals surface area contributed by atoms with E-state index < -0.39 is 0 Å². The van der Waals surface area contributed by atoms with Gasteiger partial charge in [-0.15, -0.1) is 0 Å². The highest BCUT2D eigenvalue weighted by Gasteiger charge is 2.14. The van der Waals surface area contributed by atoms with Gasteiger partial charge in [0.2, 0.25) is 0 Å². The van der Waals surface area contributed by atoms with Crippen molar-refractivity contribution in [1.29, 1.82) is 0 Å². The van der Waals surface area contributed by atoms with Gasteiger partial charge in [0.05, 0.1) is 6.10 Å². The Hall–Kier alpha value is -0.770. The largest absolute Gasteiger partial charge is 0.376 e. The summed E-state index contributed by atoms with van der Waals surface area (Å²) in [5.41, 5.74) is 0. The molecule has 13 heavy (non-hydrogen) atoms. The molecule has 0 bridgehead atoms. The fourth-order valence-corrected chi connectivity index (χ4v) is 1.33. The molecule has 76 valence electrons. The van der Waals surface area contributed by atoms with Crippen molar-refractivity contribution in [1.82, 2.24) is 10.2 Å². The fourth-order valence-electron chi connectivity index (χ4n) is 1.33. The molecule has 4 heteroatoms. The molecular formula is C9H18N2O2. The van der Waals surface area contributed by atoms with Crippen LogP contribution in [0.3, 0.4) is 0 Å². The molecule has 2 amide bonds. The van der Waals surface area contributed by atoms with E-state index in [2.05, 4.69) is 5.32 Å². The number of ether oxygens (including phenoxy) is 1. The third kappa shape index (κ3) is 3.63. The zero-order chi connectivity index (χ0) is 9.68. The quantitative estimate of drug-likeness (QED) is 0.694. The van der Waals surface area contributed by atoms with Gasteiger partial charge in [-0.25, -0.2) is 4.79 Å². The average Bonchev–Trinajstić information content (AvgIpc) is 2.15. The van der Waals surface area contributed by atoms with Crippen LogP contribution in [0, 0.1) is 0 Å². The van der Waals surface area contributed by atoms with E-state index in [1.54, 1.807) is 14.1 Å². The van der Waals surface area contributed by atoms with Crippen molar-refractivity contribution >= 4 is 6.03 Å². The van der Waals surface area contributed by atoms with E-state index in [1.165, 1.54) is 11.3 Å². The summed E-state index contributed by atoms with van der Waals surface area (Å²) in [6.45, 7) is 1.47. The van der Waals surface area contributed by atoms with E-state index in [0.29, 0.717) is 6.54 Å². The molecule has 0 spiro atoms. The van der Waals surface area contributed by atoms with Crippen molar-refractivity contribution in [2.24, 2.45) is 0 Å². The van der Waals surface area contributed by atoms with Crippen LogP contribution in [0.5, 0.6) is 0 Å². The molecule has 0 aromatic carbocycles. The Morgan fingerprint density at radius 2 is 2.31 bits per heavy atom. The second-order valence-corrected chi connectivity index (χ2v) is 3.57. The smallest absolute Gasteiger partial charge is 0.316 e. The van der Waals surface area contributed by atoms with Crippen molar-refractivity contribution in [3.05, 3.63) is 0 Å². The van der Waals surface area contributed by atoms with E-state index >= 15 is 0 Å². The lowest BCUT2D eigenvalue weighted by molar-refractivity contribution is 0.0180. The van der Waals surface area contributed by atoms with Crippen molar-refractivity contribution in [3.8, 4) is 0 Å². The normalized spacial score (nSPS) is 22.5. The molecule has 0 aliphatic carbocycles. The van der Waals surface area contributed by atoms with Gasteiger partial charge in [0.25, 0.3) is 0 Å². The summed E-state index contributed by atoms with van der Waals surface area (Å²) < 4.78 is 5.47. The average molecular weight is 186 g/mol. The summed E-state index contributed by atoms with van der Waals surface area (Å²) in [4.78, 5) is 12.7. The van der Waals surface area contributed by atoms with Crippen LogP contribution < -0.4 is 5.32 Å². The van der Waals surface area contributed by atoms with Gasteiger partial charge in [0.15, 0.2) is 0 Å². The molecule has 1 rings (SSSR count). The maximum Gasteiger partial charge on any atom is 0.316 e. The third-order valence-electron chi connectivity index (χ3n) is 2.16. The number of nitrogens with zero attached hydrogens (tertiary/aromatic N) is 1. The van der Waals surface area contributed by atoms with Gasteiger partial charge in [-0.1, -0.05) is 0 Å². The maximum absolute atomic E-state index is 11.1. The molecule has 0 aromatic rings. The van der Waals surface area contributed by atoms with Crippen LogP contribution in [0.1, 0.15) is 19.3 Å². The van der Waals surface area contributed by atoms with Gasteiger partial charge in [-0.3, -0.25) is 0 Å². The van der Waals surface area contributed by atoms with E-state index in [4.69, 9.17) is 4.74 Å². The fraction of sp³-hybridized carbons (Fsp3) is 0.889. The number of amides is 2. The standard InChI is InChI=1S/C9H18N2O2/c1-11(2)9(12)10-7-8-5-3-4-6-13-8/h8H,3-7H2,1-2H3,(H,10,12). The lowest BCUT2D eigenvalue weighted by Crippen LogP contribution is -2.40. The first-order valence-electron chi connectivity index (χ1n) is 4.77. The molecule has 1 fully saturated rings.